The maximum absolute atomic E-state index is 12.6. The van der Waals surface area contributed by atoms with Crippen LogP contribution >= 0.6 is 0 Å². The molecule has 24 heavy (non-hydrogen) atoms. The summed E-state index contributed by atoms with van der Waals surface area (Å²) in [4.78, 5) is 0. The third-order valence-corrected chi connectivity index (χ3v) is 6.12. The second-order valence-corrected chi connectivity index (χ2v) is 7.79. The van der Waals surface area contributed by atoms with E-state index in [1.807, 2.05) is 0 Å². The molecule has 9 heteroatoms. The zero-order valence-corrected chi connectivity index (χ0v) is 14.0. The van der Waals surface area contributed by atoms with E-state index >= 15 is 0 Å². The van der Waals surface area contributed by atoms with E-state index in [4.69, 9.17) is 13.9 Å². The molecule has 0 spiro atoms. The number of rotatable bonds is 6. The lowest BCUT2D eigenvalue weighted by Crippen LogP contribution is -2.62. The minimum absolute atomic E-state index is 0.0271. The summed E-state index contributed by atoms with van der Waals surface area (Å²) in [5.74, 6) is 0.651. The molecule has 0 amide bonds. The van der Waals surface area contributed by atoms with Crippen molar-refractivity contribution in [3.8, 4) is 11.5 Å². The Kier molecular flexibility index (Phi) is 3.95. The number of fused-ring (bicyclic) bond motifs is 1. The van der Waals surface area contributed by atoms with E-state index in [-0.39, 0.29) is 29.1 Å². The number of nitrogens with one attached hydrogen (secondary N) is 2. The Bertz CT molecular complexity index is 801. The van der Waals surface area contributed by atoms with E-state index in [2.05, 4.69) is 14.9 Å². The summed E-state index contributed by atoms with van der Waals surface area (Å²) in [5, 5.41) is 6.47. The Morgan fingerprint density at radius 2 is 2.29 bits per heavy atom. The quantitative estimate of drug-likeness (QED) is 0.802. The predicted octanol–water partition coefficient (Wildman–Crippen LogP) is 0.998. The molecule has 0 radical (unpaired) electrons. The van der Waals surface area contributed by atoms with E-state index in [1.54, 1.807) is 25.4 Å². The summed E-state index contributed by atoms with van der Waals surface area (Å²) >= 11 is 0. The predicted molar refractivity (Wildman–Crippen MR) is 83.6 cm³/mol. The van der Waals surface area contributed by atoms with Crippen LogP contribution in [0.1, 0.15) is 6.42 Å². The maximum Gasteiger partial charge on any atom is 0.274 e. The van der Waals surface area contributed by atoms with Crippen LogP contribution in [0.15, 0.2) is 33.9 Å². The van der Waals surface area contributed by atoms with Crippen LogP contribution in [0.25, 0.3) is 11.5 Å². The first-order valence-corrected chi connectivity index (χ1v) is 9.31. The van der Waals surface area contributed by atoms with Crippen LogP contribution in [0, 0.1) is 11.8 Å². The summed E-state index contributed by atoms with van der Waals surface area (Å²) in [7, 11) is -2.13. The Balaban J connectivity index is 1.53. The van der Waals surface area contributed by atoms with Crippen LogP contribution in [0.2, 0.25) is 0 Å². The number of aromatic nitrogens is 2. The molecule has 2 aliphatic rings. The Hall–Kier alpha value is -1.68. The van der Waals surface area contributed by atoms with Gasteiger partial charge in [0.25, 0.3) is 10.0 Å². The van der Waals surface area contributed by atoms with Gasteiger partial charge in [0.05, 0.1) is 12.7 Å². The van der Waals surface area contributed by atoms with Gasteiger partial charge in [-0.25, -0.2) is 13.1 Å². The van der Waals surface area contributed by atoms with E-state index < -0.39 is 10.0 Å². The number of furan rings is 1. The lowest BCUT2D eigenvalue weighted by molar-refractivity contribution is -0.0776. The van der Waals surface area contributed by atoms with Crippen molar-refractivity contribution in [3.05, 3.63) is 24.4 Å². The highest BCUT2D eigenvalue weighted by Gasteiger charge is 2.55. The number of sulfonamides is 1. The second-order valence-electron chi connectivity index (χ2n) is 6.14. The number of nitrogens with zero attached hydrogens (tertiary/aromatic N) is 1. The first-order chi connectivity index (χ1) is 11.6. The van der Waals surface area contributed by atoms with Crippen molar-refractivity contribution >= 4 is 10.0 Å². The number of ether oxygens (including phenoxy) is 2. The molecule has 1 aliphatic carbocycles. The molecule has 130 valence electrons. The summed E-state index contributed by atoms with van der Waals surface area (Å²) in [6, 6.07) is 4.58. The topological polar surface area (TPSA) is 106 Å². The van der Waals surface area contributed by atoms with Gasteiger partial charge in [-0.05, 0) is 24.6 Å². The highest BCUT2D eigenvalue weighted by molar-refractivity contribution is 7.89. The first kappa shape index (κ1) is 15.8. The molecule has 0 aromatic carbocycles. The van der Waals surface area contributed by atoms with Crippen molar-refractivity contribution in [1.29, 1.82) is 0 Å². The number of hydrogen-bond acceptors (Lipinski definition) is 6. The maximum atomic E-state index is 12.6. The van der Waals surface area contributed by atoms with Gasteiger partial charge >= 0.3 is 0 Å². The van der Waals surface area contributed by atoms with Crippen LogP contribution in [0.3, 0.4) is 0 Å². The minimum Gasteiger partial charge on any atom is -0.442 e. The average molecular weight is 353 g/mol. The Morgan fingerprint density at radius 3 is 3.04 bits per heavy atom. The second kappa shape index (κ2) is 5.99. The largest absolute Gasteiger partial charge is 0.442 e. The average Bonchev–Trinajstić information content (AvgIpc) is 3.30. The monoisotopic (exact) mass is 353 g/mol. The molecule has 0 bridgehead atoms. The fourth-order valence-corrected chi connectivity index (χ4v) is 4.91. The Morgan fingerprint density at radius 1 is 1.42 bits per heavy atom. The fourth-order valence-electron chi connectivity index (χ4n) is 3.63. The molecule has 2 aromatic rings. The van der Waals surface area contributed by atoms with Gasteiger partial charge in [-0.2, -0.15) is 5.10 Å². The van der Waals surface area contributed by atoms with Gasteiger partial charge in [0.1, 0.15) is 5.69 Å². The van der Waals surface area contributed by atoms with E-state index in [0.29, 0.717) is 24.7 Å². The van der Waals surface area contributed by atoms with Gasteiger partial charge in [0.2, 0.25) is 5.09 Å². The Labute approximate surface area is 139 Å². The van der Waals surface area contributed by atoms with E-state index in [1.165, 1.54) is 6.07 Å². The molecule has 2 N–H and O–H groups in total. The number of aromatic amines is 1. The molecular weight excluding hydrogens is 334 g/mol. The van der Waals surface area contributed by atoms with Gasteiger partial charge in [-0.1, -0.05) is 0 Å². The SMILES string of the molecule is COC[C@H]1[C@@H](NS(=O)(=O)c2ccc(-c3ccn[nH]3)o2)[C@H]2CCO[C@H]21. The molecule has 4 atom stereocenters. The zero-order valence-electron chi connectivity index (χ0n) is 13.1. The summed E-state index contributed by atoms with van der Waals surface area (Å²) in [6.45, 7) is 1.13. The highest BCUT2D eigenvalue weighted by atomic mass is 32.2. The van der Waals surface area contributed by atoms with Crippen molar-refractivity contribution in [2.24, 2.45) is 11.8 Å². The van der Waals surface area contributed by atoms with E-state index in [0.717, 1.165) is 6.42 Å². The van der Waals surface area contributed by atoms with Gasteiger partial charge < -0.3 is 13.9 Å². The van der Waals surface area contributed by atoms with Gasteiger partial charge in [-0.3, -0.25) is 5.10 Å². The van der Waals surface area contributed by atoms with E-state index in [9.17, 15) is 8.42 Å². The molecule has 3 heterocycles. The third kappa shape index (κ3) is 2.57. The lowest BCUT2D eigenvalue weighted by Gasteiger charge is -2.47. The molecule has 1 aliphatic heterocycles. The van der Waals surface area contributed by atoms with Crippen LogP contribution in [-0.2, 0) is 19.5 Å². The normalized spacial score (nSPS) is 29.4. The lowest BCUT2D eigenvalue weighted by atomic mass is 9.68. The van der Waals surface area contributed by atoms with Crippen molar-refractivity contribution in [2.75, 3.05) is 20.3 Å². The van der Waals surface area contributed by atoms with Crippen LogP contribution in [-0.4, -0.2) is 51.1 Å². The summed E-state index contributed by atoms with van der Waals surface area (Å²) in [5.41, 5.74) is 0.626. The van der Waals surface area contributed by atoms with Crippen molar-refractivity contribution in [3.63, 3.8) is 0 Å². The molecule has 1 saturated carbocycles. The number of H-pyrrole nitrogens is 1. The molecular formula is C15H19N3O5S. The summed E-state index contributed by atoms with van der Waals surface area (Å²) < 4.78 is 44.4. The zero-order chi connectivity index (χ0) is 16.7. The van der Waals surface area contributed by atoms with Crippen molar-refractivity contribution in [2.45, 2.75) is 23.7 Å². The van der Waals surface area contributed by atoms with Crippen molar-refractivity contribution in [1.82, 2.24) is 14.9 Å². The van der Waals surface area contributed by atoms with Crippen LogP contribution in [0.4, 0.5) is 0 Å². The smallest absolute Gasteiger partial charge is 0.274 e. The third-order valence-electron chi connectivity index (χ3n) is 4.79. The molecule has 4 rings (SSSR count). The van der Waals surface area contributed by atoms with Gasteiger partial charge in [-0.15, -0.1) is 0 Å². The molecule has 1 saturated heterocycles. The fraction of sp³-hybridized carbons (Fsp3) is 0.533. The highest BCUT2D eigenvalue weighted by Crippen LogP contribution is 2.44. The molecule has 2 aromatic heterocycles. The van der Waals surface area contributed by atoms with Crippen molar-refractivity contribution < 1.29 is 22.3 Å². The van der Waals surface area contributed by atoms with Crippen LogP contribution < -0.4 is 4.72 Å². The van der Waals surface area contributed by atoms with Gasteiger partial charge in [0.15, 0.2) is 5.76 Å². The number of methoxy groups -OCH3 is 1. The van der Waals surface area contributed by atoms with Gasteiger partial charge in [0, 0.05) is 37.8 Å². The summed E-state index contributed by atoms with van der Waals surface area (Å²) in [6.07, 6.45) is 2.51. The first-order valence-electron chi connectivity index (χ1n) is 7.82. The minimum atomic E-state index is -3.74. The number of hydrogen-bond donors (Lipinski definition) is 2. The van der Waals surface area contributed by atoms with Crippen LogP contribution in [0.5, 0.6) is 0 Å². The molecule has 2 fully saturated rings. The standard InChI is InChI=1S/C15H19N3O5S/c1-21-8-10-14(9-5-7-22-15(9)10)18-24(19,20)13-3-2-12(23-13)11-4-6-16-17-11/h2-4,6,9-10,14-15,18H,5,7-8H2,1H3,(H,16,17)/t9-,10+,14+,15-/m1/s1. The molecule has 8 nitrogen and oxygen atoms in total. The molecule has 0 unspecified atom stereocenters.